The van der Waals surface area contributed by atoms with Gasteiger partial charge in [0.15, 0.2) is 0 Å². The lowest BCUT2D eigenvalue weighted by atomic mass is 9.98. The van der Waals surface area contributed by atoms with Gasteiger partial charge in [0.2, 0.25) is 0 Å². The normalized spacial score (nSPS) is 20.4. The smallest absolute Gasteiger partial charge is 0.125 e. The lowest BCUT2D eigenvalue weighted by Crippen LogP contribution is -2.33. The van der Waals surface area contributed by atoms with E-state index in [1.807, 2.05) is 6.92 Å². The number of benzene rings is 1. The van der Waals surface area contributed by atoms with E-state index in [4.69, 9.17) is 9.47 Å². The molecule has 0 spiro atoms. The Morgan fingerprint density at radius 3 is 2.95 bits per heavy atom. The van der Waals surface area contributed by atoms with Crippen molar-refractivity contribution in [1.29, 1.82) is 0 Å². The van der Waals surface area contributed by atoms with Crippen LogP contribution in [0.15, 0.2) is 16.6 Å². The average Bonchev–Trinajstić information content (AvgIpc) is 3.13. The molecule has 1 aromatic carbocycles. The minimum atomic E-state index is -0.454. The minimum Gasteiger partial charge on any atom is -0.493 e. The van der Waals surface area contributed by atoms with E-state index in [2.05, 4.69) is 28.1 Å². The first-order chi connectivity index (χ1) is 9.69. The van der Waals surface area contributed by atoms with Crippen molar-refractivity contribution in [2.45, 2.75) is 44.8 Å². The molecule has 110 valence electrons. The van der Waals surface area contributed by atoms with Crippen LogP contribution >= 0.6 is 15.9 Å². The molecule has 0 radical (unpaired) electrons. The van der Waals surface area contributed by atoms with E-state index in [0.717, 1.165) is 28.8 Å². The van der Waals surface area contributed by atoms with Crippen LogP contribution in [0.1, 0.15) is 30.9 Å². The minimum absolute atomic E-state index is 0.0314. The van der Waals surface area contributed by atoms with Gasteiger partial charge in [-0.15, -0.1) is 0 Å². The number of ether oxygens (including phenoxy) is 2. The Morgan fingerprint density at radius 2 is 2.25 bits per heavy atom. The zero-order valence-corrected chi connectivity index (χ0v) is 13.4. The Balaban J connectivity index is 1.76. The Labute approximate surface area is 128 Å². The zero-order valence-electron chi connectivity index (χ0n) is 11.8. The van der Waals surface area contributed by atoms with Gasteiger partial charge in [0.25, 0.3) is 0 Å². The number of hydrogen-bond donors (Lipinski definition) is 1. The van der Waals surface area contributed by atoms with E-state index >= 15 is 0 Å². The van der Waals surface area contributed by atoms with Gasteiger partial charge in [-0.2, -0.15) is 0 Å². The Bertz CT molecular complexity index is 485. The Hall–Kier alpha value is -0.580. The summed E-state index contributed by atoms with van der Waals surface area (Å²) >= 11 is 3.55. The van der Waals surface area contributed by atoms with Crippen molar-refractivity contribution in [1.82, 2.24) is 0 Å². The summed E-state index contributed by atoms with van der Waals surface area (Å²) in [6.07, 6.45) is 3.42. The summed E-state index contributed by atoms with van der Waals surface area (Å²) in [7, 11) is 0. The SMILES string of the molecule is CCOC(C(O)Cc1cc(Br)cc2c1OCC2)C1CC1. The highest BCUT2D eigenvalue weighted by atomic mass is 79.9. The third kappa shape index (κ3) is 3.02. The second kappa shape index (κ2) is 6.04. The van der Waals surface area contributed by atoms with Crippen LogP contribution in [-0.2, 0) is 17.6 Å². The van der Waals surface area contributed by atoms with E-state index in [-0.39, 0.29) is 6.10 Å². The van der Waals surface area contributed by atoms with Crippen LogP contribution in [0.5, 0.6) is 5.75 Å². The molecule has 1 aromatic rings. The highest BCUT2D eigenvalue weighted by molar-refractivity contribution is 9.10. The molecular formula is C16H21BrO3. The van der Waals surface area contributed by atoms with Crippen molar-refractivity contribution in [2.24, 2.45) is 5.92 Å². The topological polar surface area (TPSA) is 38.7 Å². The van der Waals surface area contributed by atoms with E-state index in [1.165, 1.54) is 18.4 Å². The zero-order chi connectivity index (χ0) is 14.1. The van der Waals surface area contributed by atoms with E-state index in [0.29, 0.717) is 18.9 Å². The number of rotatable bonds is 6. The maximum atomic E-state index is 10.5. The Morgan fingerprint density at radius 1 is 1.45 bits per heavy atom. The number of aliphatic hydroxyl groups excluding tert-OH is 1. The third-order valence-electron chi connectivity index (χ3n) is 4.08. The number of fused-ring (bicyclic) bond motifs is 1. The summed E-state index contributed by atoms with van der Waals surface area (Å²) in [5.74, 6) is 1.50. The summed E-state index contributed by atoms with van der Waals surface area (Å²) in [6, 6.07) is 4.17. The van der Waals surface area contributed by atoms with Gasteiger partial charge in [-0.3, -0.25) is 0 Å². The van der Waals surface area contributed by atoms with Gasteiger partial charge in [-0.25, -0.2) is 0 Å². The molecule has 1 fully saturated rings. The summed E-state index contributed by atoms with van der Waals surface area (Å²) in [5.41, 5.74) is 2.32. The molecule has 1 aliphatic heterocycles. The van der Waals surface area contributed by atoms with Crippen LogP contribution in [-0.4, -0.2) is 30.5 Å². The molecule has 4 heteroatoms. The summed E-state index contributed by atoms with van der Waals surface area (Å²) < 4.78 is 12.5. The predicted molar refractivity (Wildman–Crippen MR) is 81.2 cm³/mol. The first-order valence-electron chi connectivity index (χ1n) is 7.42. The van der Waals surface area contributed by atoms with Crippen LogP contribution in [0.25, 0.3) is 0 Å². The van der Waals surface area contributed by atoms with Crippen molar-refractivity contribution in [3.63, 3.8) is 0 Å². The molecule has 0 bridgehead atoms. The fraction of sp³-hybridized carbons (Fsp3) is 0.625. The number of aliphatic hydroxyl groups is 1. The van der Waals surface area contributed by atoms with Crippen molar-refractivity contribution in [2.75, 3.05) is 13.2 Å². The fourth-order valence-corrected chi connectivity index (χ4v) is 3.57. The van der Waals surface area contributed by atoms with Gasteiger partial charge in [0.1, 0.15) is 5.75 Å². The maximum absolute atomic E-state index is 10.5. The van der Waals surface area contributed by atoms with Gasteiger partial charge in [0.05, 0.1) is 18.8 Å². The first-order valence-corrected chi connectivity index (χ1v) is 8.22. The molecule has 1 aliphatic carbocycles. The summed E-state index contributed by atoms with van der Waals surface area (Å²) in [4.78, 5) is 0. The second-order valence-electron chi connectivity index (χ2n) is 5.68. The maximum Gasteiger partial charge on any atom is 0.125 e. The number of halogens is 1. The van der Waals surface area contributed by atoms with E-state index in [9.17, 15) is 5.11 Å². The highest BCUT2D eigenvalue weighted by Crippen LogP contribution is 2.38. The molecule has 3 nitrogen and oxygen atoms in total. The average molecular weight is 341 g/mol. The monoisotopic (exact) mass is 340 g/mol. The largest absolute Gasteiger partial charge is 0.493 e. The molecule has 1 N–H and O–H groups in total. The van der Waals surface area contributed by atoms with Crippen LogP contribution in [0, 0.1) is 5.92 Å². The molecule has 0 aromatic heterocycles. The highest BCUT2D eigenvalue weighted by Gasteiger charge is 2.37. The van der Waals surface area contributed by atoms with Gasteiger partial charge in [-0.05, 0) is 48.9 Å². The molecule has 3 rings (SSSR count). The lowest BCUT2D eigenvalue weighted by molar-refractivity contribution is -0.0441. The van der Waals surface area contributed by atoms with Crippen LogP contribution in [0.4, 0.5) is 0 Å². The van der Waals surface area contributed by atoms with Gasteiger partial charge >= 0.3 is 0 Å². The van der Waals surface area contributed by atoms with E-state index < -0.39 is 6.10 Å². The fourth-order valence-electron chi connectivity index (χ4n) is 3.02. The molecule has 1 heterocycles. The molecule has 2 unspecified atom stereocenters. The molecule has 2 aliphatic rings. The van der Waals surface area contributed by atoms with E-state index in [1.54, 1.807) is 0 Å². The van der Waals surface area contributed by atoms with Crippen molar-refractivity contribution >= 4 is 15.9 Å². The van der Waals surface area contributed by atoms with Gasteiger partial charge in [-0.1, -0.05) is 15.9 Å². The van der Waals surface area contributed by atoms with Crippen molar-refractivity contribution < 1.29 is 14.6 Å². The van der Waals surface area contributed by atoms with Crippen LogP contribution < -0.4 is 4.74 Å². The standard InChI is InChI=1S/C16H21BrO3/c1-2-19-16(10-3-4-10)14(18)9-12-8-13(17)7-11-5-6-20-15(11)12/h7-8,10,14,16,18H,2-6,9H2,1H3. The van der Waals surface area contributed by atoms with Gasteiger partial charge in [0, 0.05) is 23.9 Å². The first kappa shape index (κ1) is 14.4. The molecular weight excluding hydrogens is 320 g/mol. The number of hydrogen-bond acceptors (Lipinski definition) is 3. The summed E-state index contributed by atoms with van der Waals surface area (Å²) in [5, 5.41) is 10.5. The molecule has 0 amide bonds. The molecule has 0 saturated heterocycles. The second-order valence-corrected chi connectivity index (χ2v) is 6.60. The Kier molecular flexibility index (Phi) is 4.34. The molecule has 1 saturated carbocycles. The predicted octanol–water partition coefficient (Wildman–Crippen LogP) is 3.10. The summed E-state index contributed by atoms with van der Waals surface area (Å²) in [6.45, 7) is 3.39. The molecule has 20 heavy (non-hydrogen) atoms. The third-order valence-corrected chi connectivity index (χ3v) is 4.54. The van der Waals surface area contributed by atoms with Crippen molar-refractivity contribution in [3.05, 3.63) is 27.7 Å². The van der Waals surface area contributed by atoms with Crippen LogP contribution in [0.2, 0.25) is 0 Å². The lowest BCUT2D eigenvalue weighted by Gasteiger charge is -2.23. The quantitative estimate of drug-likeness (QED) is 0.864. The van der Waals surface area contributed by atoms with Gasteiger partial charge < -0.3 is 14.6 Å². The van der Waals surface area contributed by atoms with Crippen molar-refractivity contribution in [3.8, 4) is 5.75 Å². The molecule has 2 atom stereocenters. The van der Waals surface area contributed by atoms with Crippen LogP contribution in [0.3, 0.4) is 0 Å².